The molecule has 6 nitrogen and oxygen atoms in total. The third-order valence-corrected chi connectivity index (χ3v) is 11.8. The van der Waals surface area contributed by atoms with E-state index in [0.717, 1.165) is 35.3 Å². The van der Waals surface area contributed by atoms with Gasteiger partial charge in [0.25, 0.3) is 0 Å². The van der Waals surface area contributed by atoms with Crippen molar-refractivity contribution in [3.63, 3.8) is 0 Å². The summed E-state index contributed by atoms with van der Waals surface area (Å²) in [5, 5.41) is 17.8. The molecule has 0 unspecified atom stereocenters. The standard InChI is InChI=1S/C52H51N3O3/c1-3-5-7-15-33-52(34-16-8-6-4-2)47-35-41(37-21-23-38(24-22-37)49-53-54-50(58-49)39-25-27-40(28-26-39)51(56)57)29-31-45(47)46-32-30-44(36-48(46)52)55(42-17-11-9-12-18-42)43-19-13-10-14-20-43/h9-14,17-32,35-36H,3-8,15-16,33-34H2,1-2H3,(H,56,57). The first kappa shape index (κ1) is 38.6. The fraction of sp³-hybridized carbons (Fsp3) is 0.250. The largest absolute Gasteiger partial charge is 0.478 e. The van der Waals surface area contributed by atoms with Crippen LogP contribution in [0.2, 0.25) is 0 Å². The first-order valence-corrected chi connectivity index (χ1v) is 21.0. The fourth-order valence-electron chi connectivity index (χ4n) is 8.79. The predicted molar refractivity (Wildman–Crippen MR) is 236 cm³/mol. The number of carbonyl (C=O) groups is 1. The smallest absolute Gasteiger partial charge is 0.335 e. The summed E-state index contributed by atoms with van der Waals surface area (Å²) in [5.41, 5.74) is 13.1. The number of benzene rings is 6. The molecule has 0 spiro atoms. The Morgan fingerprint density at radius 2 is 1.02 bits per heavy atom. The van der Waals surface area contributed by atoms with E-state index in [-0.39, 0.29) is 11.0 Å². The summed E-state index contributed by atoms with van der Waals surface area (Å²) in [6.07, 6.45) is 12.1. The summed E-state index contributed by atoms with van der Waals surface area (Å²) in [6.45, 7) is 4.59. The van der Waals surface area contributed by atoms with Gasteiger partial charge in [0.1, 0.15) is 0 Å². The highest BCUT2D eigenvalue weighted by atomic mass is 16.4. The number of fused-ring (bicyclic) bond motifs is 3. The quantitative estimate of drug-likeness (QED) is 0.0930. The molecule has 1 aromatic heterocycles. The normalized spacial score (nSPS) is 12.6. The molecule has 0 aliphatic heterocycles. The molecule has 0 amide bonds. The minimum Gasteiger partial charge on any atom is -0.478 e. The Bertz CT molecular complexity index is 2400. The van der Waals surface area contributed by atoms with E-state index < -0.39 is 5.97 Å². The molecule has 1 heterocycles. The number of aromatic carboxylic acids is 1. The number of hydrogen-bond acceptors (Lipinski definition) is 5. The molecule has 292 valence electrons. The highest BCUT2D eigenvalue weighted by Crippen LogP contribution is 2.56. The van der Waals surface area contributed by atoms with Gasteiger partial charge in [0.2, 0.25) is 11.8 Å². The van der Waals surface area contributed by atoms with E-state index >= 15 is 0 Å². The summed E-state index contributed by atoms with van der Waals surface area (Å²) >= 11 is 0. The van der Waals surface area contributed by atoms with Crippen molar-refractivity contribution in [2.75, 3.05) is 4.90 Å². The van der Waals surface area contributed by atoms with Gasteiger partial charge in [-0.15, -0.1) is 10.2 Å². The van der Waals surface area contributed by atoms with Gasteiger partial charge in [0.15, 0.2) is 0 Å². The van der Waals surface area contributed by atoms with Crippen molar-refractivity contribution in [1.82, 2.24) is 10.2 Å². The molecule has 58 heavy (non-hydrogen) atoms. The minimum absolute atomic E-state index is 0.0972. The molecule has 0 atom stereocenters. The minimum atomic E-state index is -0.974. The summed E-state index contributed by atoms with van der Waals surface area (Å²) in [4.78, 5) is 13.7. The Hall–Kier alpha value is -6.27. The number of unbranched alkanes of at least 4 members (excludes halogenated alkanes) is 6. The fourth-order valence-corrected chi connectivity index (χ4v) is 8.79. The number of rotatable bonds is 17. The summed E-state index contributed by atoms with van der Waals surface area (Å²) in [5.74, 6) is -0.205. The second-order valence-corrected chi connectivity index (χ2v) is 15.6. The number of aromatic nitrogens is 2. The van der Waals surface area contributed by atoms with Gasteiger partial charge in [0, 0.05) is 33.6 Å². The van der Waals surface area contributed by atoms with Gasteiger partial charge in [-0.3, -0.25) is 0 Å². The maximum absolute atomic E-state index is 11.3. The number of para-hydroxylation sites is 2. The zero-order valence-electron chi connectivity index (χ0n) is 33.5. The van der Waals surface area contributed by atoms with Gasteiger partial charge in [-0.25, -0.2) is 4.79 Å². The molecular weight excluding hydrogens is 715 g/mol. The molecular formula is C52H51N3O3. The lowest BCUT2D eigenvalue weighted by molar-refractivity contribution is 0.0697. The van der Waals surface area contributed by atoms with Crippen LogP contribution in [-0.2, 0) is 5.41 Å². The van der Waals surface area contributed by atoms with Gasteiger partial charge >= 0.3 is 5.97 Å². The lowest BCUT2D eigenvalue weighted by Gasteiger charge is -2.34. The Labute approximate surface area is 342 Å². The average molecular weight is 766 g/mol. The van der Waals surface area contributed by atoms with E-state index in [9.17, 15) is 9.90 Å². The van der Waals surface area contributed by atoms with Crippen LogP contribution in [0, 0.1) is 0 Å². The van der Waals surface area contributed by atoms with Gasteiger partial charge in [0.05, 0.1) is 5.56 Å². The number of carboxylic acids is 1. The van der Waals surface area contributed by atoms with Gasteiger partial charge in [-0.05, 0) is 125 Å². The van der Waals surface area contributed by atoms with Crippen molar-refractivity contribution in [3.8, 4) is 45.2 Å². The number of nitrogens with zero attached hydrogens (tertiary/aromatic N) is 3. The number of anilines is 3. The molecule has 6 aromatic carbocycles. The topological polar surface area (TPSA) is 79.5 Å². The molecule has 0 fully saturated rings. The van der Waals surface area contributed by atoms with Gasteiger partial charge in [-0.2, -0.15) is 0 Å². The molecule has 0 saturated carbocycles. The first-order chi connectivity index (χ1) is 28.5. The number of hydrogen-bond donors (Lipinski definition) is 1. The second kappa shape index (κ2) is 17.5. The molecule has 6 heteroatoms. The van der Waals surface area contributed by atoms with E-state index in [2.05, 4.69) is 138 Å². The van der Waals surface area contributed by atoms with Crippen molar-refractivity contribution >= 4 is 23.0 Å². The van der Waals surface area contributed by atoms with Crippen LogP contribution in [0.25, 0.3) is 45.2 Å². The van der Waals surface area contributed by atoms with Crippen molar-refractivity contribution in [2.45, 2.75) is 83.5 Å². The molecule has 1 N–H and O–H groups in total. The van der Waals surface area contributed by atoms with Crippen LogP contribution in [0.4, 0.5) is 17.1 Å². The Morgan fingerprint density at radius 1 is 0.534 bits per heavy atom. The van der Waals surface area contributed by atoms with Crippen LogP contribution in [0.1, 0.15) is 99.5 Å². The van der Waals surface area contributed by atoms with Crippen LogP contribution < -0.4 is 4.90 Å². The Balaban J connectivity index is 1.17. The van der Waals surface area contributed by atoms with Crippen molar-refractivity contribution < 1.29 is 14.3 Å². The van der Waals surface area contributed by atoms with Crippen LogP contribution in [0.3, 0.4) is 0 Å². The summed E-state index contributed by atoms with van der Waals surface area (Å²) < 4.78 is 6.04. The molecule has 8 rings (SSSR count). The Kier molecular flexibility index (Phi) is 11.6. The van der Waals surface area contributed by atoms with E-state index in [4.69, 9.17) is 4.42 Å². The molecule has 0 saturated heterocycles. The van der Waals surface area contributed by atoms with Crippen LogP contribution in [0.5, 0.6) is 0 Å². The van der Waals surface area contributed by atoms with Crippen LogP contribution in [0.15, 0.2) is 150 Å². The summed E-state index contributed by atoms with van der Waals surface area (Å²) in [7, 11) is 0. The average Bonchev–Trinajstić information content (AvgIpc) is 3.87. The van der Waals surface area contributed by atoms with Crippen molar-refractivity contribution in [2.24, 2.45) is 0 Å². The molecule has 7 aromatic rings. The third-order valence-electron chi connectivity index (χ3n) is 11.8. The molecule has 0 bridgehead atoms. The lowest BCUT2D eigenvalue weighted by atomic mass is 9.70. The summed E-state index contributed by atoms with van der Waals surface area (Å²) in [6, 6.07) is 50.6. The van der Waals surface area contributed by atoms with Gasteiger partial charge in [-0.1, -0.05) is 132 Å². The van der Waals surface area contributed by atoms with E-state index in [1.807, 2.05) is 12.1 Å². The maximum Gasteiger partial charge on any atom is 0.335 e. The van der Waals surface area contributed by atoms with Crippen molar-refractivity contribution in [3.05, 3.63) is 162 Å². The molecule has 1 aliphatic rings. The van der Waals surface area contributed by atoms with Crippen LogP contribution in [-0.4, -0.2) is 21.3 Å². The zero-order chi connectivity index (χ0) is 39.9. The lowest BCUT2D eigenvalue weighted by Crippen LogP contribution is -2.26. The second-order valence-electron chi connectivity index (χ2n) is 15.6. The zero-order valence-corrected chi connectivity index (χ0v) is 33.5. The predicted octanol–water partition coefficient (Wildman–Crippen LogP) is 14.4. The van der Waals surface area contributed by atoms with E-state index in [1.165, 1.54) is 84.9 Å². The monoisotopic (exact) mass is 765 g/mol. The highest BCUT2D eigenvalue weighted by molar-refractivity contribution is 5.89. The van der Waals surface area contributed by atoms with E-state index in [0.29, 0.717) is 17.3 Å². The van der Waals surface area contributed by atoms with E-state index in [1.54, 1.807) is 24.3 Å². The molecule has 0 radical (unpaired) electrons. The Morgan fingerprint density at radius 3 is 1.55 bits per heavy atom. The maximum atomic E-state index is 11.3. The van der Waals surface area contributed by atoms with Gasteiger partial charge < -0.3 is 14.4 Å². The SMILES string of the molecule is CCCCCCC1(CCCCCC)c2cc(-c3ccc(-c4nnc(-c5ccc(C(=O)O)cc5)o4)cc3)ccc2-c2ccc(N(c3ccccc3)c3ccccc3)cc21. The number of carboxylic acid groups (broad SMARTS) is 1. The van der Waals surface area contributed by atoms with Crippen molar-refractivity contribution in [1.29, 1.82) is 0 Å². The van der Waals surface area contributed by atoms with Crippen LogP contribution >= 0.6 is 0 Å². The third kappa shape index (κ3) is 7.84. The molecule has 1 aliphatic carbocycles. The first-order valence-electron chi connectivity index (χ1n) is 21.0. The highest BCUT2D eigenvalue weighted by Gasteiger charge is 2.43.